The van der Waals surface area contributed by atoms with Crippen LogP contribution in [0.5, 0.6) is 0 Å². The fraction of sp³-hybridized carbons (Fsp3) is 0.889. The second-order valence-corrected chi connectivity index (χ2v) is 4.89. The number of amides is 1. The molecule has 1 saturated heterocycles. The number of nitrogens with zero attached hydrogens (tertiary/aromatic N) is 1. The highest BCUT2D eigenvalue weighted by Crippen LogP contribution is 2.40. The van der Waals surface area contributed by atoms with Crippen molar-refractivity contribution in [1.29, 1.82) is 0 Å². The molecule has 0 aromatic rings. The molecule has 1 radical (unpaired) electrons. The third kappa shape index (κ3) is 1.69. The zero-order chi connectivity index (χ0) is 11.1. The van der Waals surface area contributed by atoms with Gasteiger partial charge >= 0.3 is 6.09 Å². The zero-order valence-electron chi connectivity index (χ0n) is 9.03. The van der Waals surface area contributed by atoms with Crippen molar-refractivity contribution in [3.8, 4) is 0 Å². The molecule has 0 bridgehead atoms. The first-order valence-corrected chi connectivity index (χ1v) is 4.61. The van der Waals surface area contributed by atoms with Gasteiger partial charge in [-0.3, -0.25) is 0 Å². The number of carbonyl (C=O) groups is 1. The number of nitrogens with two attached hydrogens (primary N) is 1. The second kappa shape index (κ2) is 3.10. The van der Waals surface area contributed by atoms with Gasteiger partial charge in [0.1, 0.15) is 6.10 Å². The minimum atomic E-state index is -0.825. The molecule has 1 aliphatic rings. The fourth-order valence-corrected chi connectivity index (χ4v) is 2.02. The Morgan fingerprint density at radius 2 is 1.93 bits per heavy atom. The molecule has 1 atom stereocenters. The van der Waals surface area contributed by atoms with Crippen LogP contribution in [0, 0.1) is 0 Å². The van der Waals surface area contributed by atoms with Gasteiger partial charge in [-0.15, -0.1) is 10.3 Å². The van der Waals surface area contributed by atoms with Gasteiger partial charge in [0.05, 0.1) is 5.54 Å². The monoisotopic (exact) mass is 201 g/mol. The van der Waals surface area contributed by atoms with Crippen molar-refractivity contribution in [2.45, 2.75) is 51.3 Å². The van der Waals surface area contributed by atoms with E-state index in [0.29, 0.717) is 6.42 Å². The lowest BCUT2D eigenvalue weighted by molar-refractivity contribution is -0.251. The number of ether oxygens (including phenoxy) is 1. The molecule has 1 aliphatic heterocycles. The summed E-state index contributed by atoms with van der Waals surface area (Å²) < 4.78 is 4.93. The van der Waals surface area contributed by atoms with E-state index in [0.717, 1.165) is 5.06 Å². The molecule has 0 aromatic heterocycles. The fourth-order valence-electron chi connectivity index (χ4n) is 2.02. The molecule has 14 heavy (non-hydrogen) atoms. The van der Waals surface area contributed by atoms with Crippen LogP contribution in [0.3, 0.4) is 0 Å². The summed E-state index contributed by atoms with van der Waals surface area (Å²) in [6.45, 7) is 7.16. The largest absolute Gasteiger partial charge is 0.444 e. The van der Waals surface area contributed by atoms with Gasteiger partial charge in [-0.05, 0) is 27.7 Å². The molecule has 0 aliphatic carbocycles. The standard InChI is InChI=1S/C9H17N2O3/c1-8(2)5-6(14-7(10)12)9(3,4)11(8)13/h6H,5H2,1-4H3,(H2,10,12). The number of hydroxylamine groups is 2. The first-order valence-electron chi connectivity index (χ1n) is 4.61. The summed E-state index contributed by atoms with van der Waals surface area (Å²) in [6.07, 6.45) is -0.756. The van der Waals surface area contributed by atoms with E-state index in [1.54, 1.807) is 13.8 Å². The van der Waals surface area contributed by atoms with Gasteiger partial charge in [-0.25, -0.2) is 4.79 Å². The Morgan fingerprint density at radius 3 is 2.21 bits per heavy atom. The Kier molecular flexibility index (Phi) is 2.49. The van der Waals surface area contributed by atoms with E-state index in [-0.39, 0.29) is 0 Å². The van der Waals surface area contributed by atoms with Gasteiger partial charge in [-0.2, -0.15) is 0 Å². The van der Waals surface area contributed by atoms with Crippen molar-refractivity contribution in [3.63, 3.8) is 0 Å². The average molecular weight is 201 g/mol. The maximum Gasteiger partial charge on any atom is 0.404 e. The molecule has 1 amide bonds. The summed E-state index contributed by atoms with van der Waals surface area (Å²) in [4.78, 5) is 10.6. The molecule has 1 unspecified atom stereocenters. The number of primary amides is 1. The van der Waals surface area contributed by atoms with Crippen molar-refractivity contribution in [3.05, 3.63) is 0 Å². The summed E-state index contributed by atoms with van der Waals surface area (Å²) in [7, 11) is 0. The molecule has 0 saturated carbocycles. The SMILES string of the molecule is CC1(C)CC(OC(N)=O)C(C)(C)N1[O]. The number of hydrogen-bond donors (Lipinski definition) is 1. The lowest BCUT2D eigenvalue weighted by Gasteiger charge is -2.32. The molecular weight excluding hydrogens is 184 g/mol. The molecule has 0 spiro atoms. The molecular formula is C9H17N2O3. The molecule has 5 nitrogen and oxygen atoms in total. The van der Waals surface area contributed by atoms with Gasteiger partial charge < -0.3 is 10.5 Å². The zero-order valence-corrected chi connectivity index (χ0v) is 9.03. The lowest BCUT2D eigenvalue weighted by Crippen LogP contribution is -2.48. The highest BCUT2D eigenvalue weighted by molar-refractivity contribution is 5.65. The first-order chi connectivity index (χ1) is 6.18. The van der Waals surface area contributed by atoms with E-state index in [9.17, 15) is 10.0 Å². The number of hydrogen-bond acceptors (Lipinski definition) is 3. The minimum Gasteiger partial charge on any atom is -0.444 e. The van der Waals surface area contributed by atoms with Crippen LogP contribution in [0.1, 0.15) is 34.1 Å². The van der Waals surface area contributed by atoms with E-state index in [1.165, 1.54) is 0 Å². The van der Waals surface area contributed by atoms with Crippen LogP contribution in [0.15, 0.2) is 0 Å². The summed E-state index contributed by atoms with van der Waals surface area (Å²) in [6, 6.07) is 0. The van der Waals surface area contributed by atoms with E-state index in [2.05, 4.69) is 0 Å². The Hall–Kier alpha value is -0.810. The van der Waals surface area contributed by atoms with Crippen LogP contribution in [-0.2, 0) is 9.94 Å². The van der Waals surface area contributed by atoms with E-state index in [1.807, 2.05) is 13.8 Å². The van der Waals surface area contributed by atoms with Crippen molar-refractivity contribution in [1.82, 2.24) is 5.06 Å². The predicted octanol–water partition coefficient (Wildman–Crippen LogP) is 1.06. The highest BCUT2D eigenvalue weighted by atomic mass is 16.6. The van der Waals surface area contributed by atoms with Crippen LogP contribution >= 0.6 is 0 Å². The summed E-state index contributed by atoms with van der Waals surface area (Å²) in [5.74, 6) is 0. The molecule has 81 valence electrons. The van der Waals surface area contributed by atoms with Crippen molar-refractivity contribution in [2.75, 3.05) is 0 Å². The Bertz CT molecular complexity index is 250. The molecule has 0 aromatic carbocycles. The molecule has 1 rings (SSSR count). The Labute approximate surface area is 83.8 Å². The van der Waals surface area contributed by atoms with Gasteiger partial charge in [0.15, 0.2) is 0 Å². The smallest absolute Gasteiger partial charge is 0.404 e. The third-order valence-corrected chi connectivity index (χ3v) is 2.80. The van der Waals surface area contributed by atoms with Crippen LogP contribution < -0.4 is 5.73 Å². The van der Waals surface area contributed by atoms with Gasteiger partial charge in [0.25, 0.3) is 0 Å². The van der Waals surface area contributed by atoms with Crippen LogP contribution in [0.2, 0.25) is 0 Å². The van der Waals surface area contributed by atoms with Crippen molar-refractivity contribution >= 4 is 6.09 Å². The molecule has 1 fully saturated rings. The number of carbonyl (C=O) groups excluding carboxylic acids is 1. The Balaban J connectivity index is 2.85. The van der Waals surface area contributed by atoms with E-state index < -0.39 is 23.3 Å². The number of rotatable bonds is 1. The summed E-state index contributed by atoms with van der Waals surface area (Å²) in [5, 5.41) is 12.8. The summed E-state index contributed by atoms with van der Waals surface area (Å²) in [5.41, 5.74) is 3.73. The van der Waals surface area contributed by atoms with Crippen LogP contribution in [0.4, 0.5) is 4.79 Å². The average Bonchev–Trinajstić information content (AvgIpc) is 2.12. The minimum absolute atomic E-state index is 0.438. The maximum atomic E-state index is 11.8. The molecule has 2 N–H and O–H groups in total. The maximum absolute atomic E-state index is 11.8. The topological polar surface area (TPSA) is 75.5 Å². The third-order valence-electron chi connectivity index (χ3n) is 2.80. The van der Waals surface area contributed by atoms with Crippen molar-refractivity contribution < 1.29 is 14.7 Å². The predicted molar refractivity (Wildman–Crippen MR) is 49.8 cm³/mol. The van der Waals surface area contributed by atoms with Crippen LogP contribution in [0.25, 0.3) is 0 Å². The van der Waals surface area contributed by atoms with Gasteiger partial charge in [0, 0.05) is 12.0 Å². The Morgan fingerprint density at radius 1 is 1.43 bits per heavy atom. The highest BCUT2D eigenvalue weighted by Gasteiger charge is 2.54. The summed E-state index contributed by atoms with van der Waals surface area (Å²) >= 11 is 0. The molecule has 5 heteroatoms. The normalized spacial score (nSPS) is 30.2. The van der Waals surface area contributed by atoms with E-state index >= 15 is 0 Å². The van der Waals surface area contributed by atoms with E-state index in [4.69, 9.17) is 10.5 Å². The van der Waals surface area contributed by atoms with Gasteiger partial charge in [0.2, 0.25) is 0 Å². The second-order valence-electron chi connectivity index (χ2n) is 4.89. The molecule has 1 heterocycles. The van der Waals surface area contributed by atoms with Gasteiger partial charge in [-0.1, -0.05) is 0 Å². The van der Waals surface area contributed by atoms with Crippen molar-refractivity contribution in [2.24, 2.45) is 5.73 Å². The van der Waals surface area contributed by atoms with Crippen LogP contribution in [-0.4, -0.2) is 28.3 Å². The first kappa shape index (κ1) is 11.3. The lowest BCUT2D eigenvalue weighted by atomic mass is 9.97. The quantitative estimate of drug-likeness (QED) is 0.689.